The molecule has 2 aromatic carbocycles. The maximum Gasteiger partial charge on any atom is 0.407 e. The van der Waals surface area contributed by atoms with E-state index in [2.05, 4.69) is 17.4 Å². The number of carbonyl (C=O) groups excluding carboxylic acids is 3. The highest BCUT2D eigenvalue weighted by atomic mass is 16.6. The Morgan fingerprint density at radius 1 is 1.03 bits per heavy atom. The Morgan fingerprint density at radius 3 is 2.13 bits per heavy atom. The van der Waals surface area contributed by atoms with Crippen LogP contribution in [0.1, 0.15) is 50.7 Å². The smallest absolute Gasteiger partial charge is 0.407 e. The van der Waals surface area contributed by atoms with Gasteiger partial charge in [-0.1, -0.05) is 48.5 Å². The lowest BCUT2D eigenvalue weighted by molar-refractivity contribution is -0.155. The van der Waals surface area contributed by atoms with Crippen molar-refractivity contribution < 1.29 is 23.9 Å². The van der Waals surface area contributed by atoms with E-state index in [-0.39, 0.29) is 25.4 Å². The zero-order valence-corrected chi connectivity index (χ0v) is 17.5. The summed E-state index contributed by atoms with van der Waals surface area (Å²) in [7, 11) is 0. The molecule has 0 aromatic heterocycles. The van der Waals surface area contributed by atoms with Crippen molar-refractivity contribution in [2.75, 3.05) is 6.61 Å². The lowest BCUT2D eigenvalue weighted by Crippen LogP contribution is -2.37. The first-order valence-electron chi connectivity index (χ1n) is 10.1. The van der Waals surface area contributed by atoms with Crippen molar-refractivity contribution in [3.63, 3.8) is 0 Å². The van der Waals surface area contributed by atoms with E-state index in [0.29, 0.717) is 6.29 Å². The summed E-state index contributed by atoms with van der Waals surface area (Å²) in [6.45, 7) is 5.49. The molecule has 0 aliphatic heterocycles. The van der Waals surface area contributed by atoms with Crippen LogP contribution in [0.3, 0.4) is 0 Å². The summed E-state index contributed by atoms with van der Waals surface area (Å²) in [5.41, 5.74) is 3.93. The van der Waals surface area contributed by atoms with Crippen LogP contribution in [-0.2, 0) is 19.1 Å². The van der Waals surface area contributed by atoms with Crippen LogP contribution in [0.15, 0.2) is 48.5 Å². The molecule has 0 saturated carbocycles. The van der Waals surface area contributed by atoms with Crippen LogP contribution in [0.2, 0.25) is 0 Å². The quantitative estimate of drug-likeness (QED) is 0.547. The molecule has 0 saturated heterocycles. The summed E-state index contributed by atoms with van der Waals surface area (Å²) in [6, 6.07) is 15.3. The number of ether oxygens (including phenoxy) is 2. The van der Waals surface area contributed by atoms with Crippen molar-refractivity contribution in [1.82, 2.24) is 5.32 Å². The summed E-state index contributed by atoms with van der Waals surface area (Å²) in [6.07, 6.45) is 0.108. The molecule has 0 fully saturated rings. The number of carbonyl (C=O) groups is 3. The number of rotatable bonds is 7. The molecular formula is C24H27NO5. The minimum absolute atomic E-state index is 0.0321. The highest BCUT2D eigenvalue weighted by molar-refractivity contribution is 5.79. The summed E-state index contributed by atoms with van der Waals surface area (Å²) in [4.78, 5) is 35.4. The van der Waals surface area contributed by atoms with E-state index in [1.54, 1.807) is 20.8 Å². The molecule has 158 valence electrons. The Labute approximate surface area is 176 Å². The summed E-state index contributed by atoms with van der Waals surface area (Å²) in [5, 5.41) is 2.52. The summed E-state index contributed by atoms with van der Waals surface area (Å²) < 4.78 is 10.7. The van der Waals surface area contributed by atoms with Gasteiger partial charge in [0.25, 0.3) is 0 Å². The SMILES string of the molecule is CC(C)(C)OC(=O)CCC(C=O)NC(=O)OCC1c2ccccc2-c2ccccc21. The Bertz CT molecular complexity index is 886. The van der Waals surface area contributed by atoms with Crippen LogP contribution in [0.25, 0.3) is 11.1 Å². The molecule has 0 bridgehead atoms. The number of alkyl carbamates (subject to hydrolysis) is 1. The van der Waals surface area contributed by atoms with E-state index in [1.165, 1.54) is 0 Å². The van der Waals surface area contributed by atoms with Gasteiger partial charge < -0.3 is 19.6 Å². The second-order valence-corrected chi connectivity index (χ2v) is 8.34. The largest absolute Gasteiger partial charge is 0.460 e. The normalized spacial score (nSPS) is 13.7. The van der Waals surface area contributed by atoms with Crippen LogP contribution in [0.4, 0.5) is 4.79 Å². The predicted octanol–water partition coefficient (Wildman–Crippen LogP) is 4.21. The Morgan fingerprint density at radius 2 is 1.60 bits per heavy atom. The van der Waals surface area contributed by atoms with E-state index >= 15 is 0 Å². The number of hydrogen-bond donors (Lipinski definition) is 1. The zero-order chi connectivity index (χ0) is 21.7. The minimum Gasteiger partial charge on any atom is -0.460 e. The molecular weight excluding hydrogens is 382 g/mol. The molecule has 1 atom stereocenters. The number of nitrogens with one attached hydrogen (secondary N) is 1. The van der Waals surface area contributed by atoms with Gasteiger partial charge in [0.15, 0.2) is 0 Å². The summed E-state index contributed by atoms with van der Waals surface area (Å²) >= 11 is 0. The Kier molecular flexibility index (Phi) is 6.55. The third-order valence-electron chi connectivity index (χ3n) is 4.89. The topological polar surface area (TPSA) is 81.7 Å². The molecule has 1 N–H and O–H groups in total. The number of hydrogen-bond acceptors (Lipinski definition) is 5. The molecule has 6 nitrogen and oxygen atoms in total. The third-order valence-corrected chi connectivity index (χ3v) is 4.89. The van der Waals surface area contributed by atoms with Crippen molar-refractivity contribution in [3.05, 3.63) is 59.7 Å². The predicted molar refractivity (Wildman–Crippen MR) is 113 cm³/mol. The average Bonchev–Trinajstić information content (AvgIpc) is 3.02. The van der Waals surface area contributed by atoms with E-state index in [4.69, 9.17) is 9.47 Å². The van der Waals surface area contributed by atoms with Crippen LogP contribution in [0.5, 0.6) is 0 Å². The Hall–Kier alpha value is -3.15. The highest BCUT2D eigenvalue weighted by Crippen LogP contribution is 2.44. The van der Waals surface area contributed by atoms with Crippen LogP contribution >= 0.6 is 0 Å². The van der Waals surface area contributed by atoms with Gasteiger partial charge in [0, 0.05) is 12.3 Å². The van der Waals surface area contributed by atoms with Gasteiger partial charge >= 0.3 is 12.1 Å². The molecule has 0 spiro atoms. The third kappa shape index (κ3) is 5.26. The second kappa shape index (κ2) is 9.11. The summed E-state index contributed by atoms with van der Waals surface area (Å²) in [5.74, 6) is -0.469. The van der Waals surface area contributed by atoms with Crippen LogP contribution < -0.4 is 5.32 Å². The lowest BCUT2D eigenvalue weighted by atomic mass is 9.98. The fraction of sp³-hybridized carbons (Fsp3) is 0.375. The van der Waals surface area contributed by atoms with Crippen molar-refractivity contribution in [2.24, 2.45) is 0 Å². The van der Waals surface area contributed by atoms with Crippen molar-refractivity contribution in [3.8, 4) is 11.1 Å². The number of esters is 1. The van der Waals surface area contributed by atoms with E-state index in [9.17, 15) is 14.4 Å². The first-order valence-corrected chi connectivity index (χ1v) is 10.1. The van der Waals surface area contributed by atoms with Crippen molar-refractivity contribution >= 4 is 18.3 Å². The fourth-order valence-corrected chi connectivity index (χ4v) is 3.63. The van der Waals surface area contributed by atoms with Crippen molar-refractivity contribution in [1.29, 1.82) is 0 Å². The number of amides is 1. The van der Waals surface area contributed by atoms with Gasteiger partial charge in [-0.3, -0.25) is 4.79 Å². The van der Waals surface area contributed by atoms with Gasteiger partial charge in [-0.05, 0) is 49.4 Å². The van der Waals surface area contributed by atoms with Gasteiger partial charge in [0.05, 0.1) is 6.04 Å². The fourth-order valence-electron chi connectivity index (χ4n) is 3.63. The number of aldehydes is 1. The molecule has 6 heteroatoms. The maximum atomic E-state index is 12.3. The standard InChI is InChI=1S/C24H27NO5/c1-24(2,3)30-22(27)13-12-16(14-26)25-23(28)29-15-21-19-10-6-4-8-17(19)18-9-5-7-11-20(18)21/h4-11,14,16,21H,12-13,15H2,1-3H3,(H,25,28). The number of fused-ring (bicyclic) bond motifs is 3. The Balaban J connectivity index is 1.55. The van der Waals surface area contributed by atoms with Gasteiger partial charge in [0.1, 0.15) is 18.5 Å². The zero-order valence-electron chi connectivity index (χ0n) is 17.5. The first kappa shape index (κ1) is 21.6. The molecule has 1 aliphatic carbocycles. The molecule has 1 amide bonds. The maximum absolute atomic E-state index is 12.3. The molecule has 1 aliphatic rings. The van der Waals surface area contributed by atoms with Gasteiger partial charge in [-0.15, -0.1) is 0 Å². The van der Waals surface area contributed by atoms with Gasteiger partial charge in [-0.2, -0.15) is 0 Å². The molecule has 0 heterocycles. The minimum atomic E-state index is -0.812. The molecule has 0 radical (unpaired) electrons. The van der Waals surface area contributed by atoms with E-state index in [1.807, 2.05) is 36.4 Å². The van der Waals surface area contributed by atoms with E-state index in [0.717, 1.165) is 22.3 Å². The lowest BCUT2D eigenvalue weighted by Gasteiger charge is -2.20. The average molecular weight is 409 g/mol. The number of benzene rings is 2. The van der Waals surface area contributed by atoms with Crippen molar-refractivity contribution in [2.45, 2.75) is 51.2 Å². The van der Waals surface area contributed by atoms with Gasteiger partial charge in [-0.25, -0.2) is 4.79 Å². The molecule has 1 unspecified atom stereocenters. The molecule has 3 rings (SSSR count). The first-order chi connectivity index (χ1) is 14.3. The molecule has 30 heavy (non-hydrogen) atoms. The van der Waals surface area contributed by atoms with Gasteiger partial charge in [0.2, 0.25) is 0 Å². The van der Waals surface area contributed by atoms with Crippen LogP contribution in [0, 0.1) is 0 Å². The monoisotopic (exact) mass is 409 g/mol. The molecule has 2 aromatic rings. The highest BCUT2D eigenvalue weighted by Gasteiger charge is 2.29. The van der Waals surface area contributed by atoms with E-state index < -0.39 is 23.7 Å². The second-order valence-electron chi connectivity index (χ2n) is 8.34. The van der Waals surface area contributed by atoms with Crippen LogP contribution in [-0.4, -0.2) is 36.6 Å².